The van der Waals surface area contributed by atoms with E-state index in [1.165, 1.54) is 0 Å². The Labute approximate surface area is 112 Å². The fraction of sp³-hybridized carbons (Fsp3) is 0.500. The first-order chi connectivity index (χ1) is 9.24. The fourth-order valence-corrected chi connectivity index (χ4v) is 2.54. The molecule has 2 heterocycles. The smallest absolute Gasteiger partial charge is 0.326 e. The first kappa shape index (κ1) is 13.3. The number of nitrogens with zero attached hydrogens (tertiary/aromatic N) is 3. The number of carboxylic acid groups (broad SMARTS) is 1. The first-order valence-corrected chi connectivity index (χ1v) is 6.58. The summed E-state index contributed by atoms with van der Waals surface area (Å²) in [5.74, 6) is -0.824. The Morgan fingerprint density at radius 2 is 2.21 bits per heavy atom. The van der Waals surface area contributed by atoms with Gasteiger partial charge in [0.2, 0.25) is 0 Å². The monoisotopic (exact) mass is 259 g/mol. The topological polar surface area (TPSA) is 77.2 Å². The predicted octanol–water partition coefficient (Wildman–Crippen LogP) is 2.18. The molecule has 1 N–H and O–H groups in total. The molecular formula is C14H17N3O2. The number of aromatic nitrogens is 1. The molecule has 100 valence electrons. The molecule has 1 aliphatic rings. The van der Waals surface area contributed by atoms with Crippen LogP contribution in [0, 0.1) is 11.3 Å². The lowest BCUT2D eigenvalue weighted by Crippen LogP contribution is -2.43. The Bertz CT molecular complexity index is 496. The summed E-state index contributed by atoms with van der Waals surface area (Å²) >= 11 is 0. The van der Waals surface area contributed by atoms with Crippen molar-refractivity contribution in [2.45, 2.75) is 38.1 Å². The van der Waals surface area contributed by atoms with E-state index in [0.29, 0.717) is 24.3 Å². The van der Waals surface area contributed by atoms with E-state index in [1.54, 1.807) is 18.3 Å². The van der Waals surface area contributed by atoms with Gasteiger partial charge in [-0.25, -0.2) is 9.78 Å². The van der Waals surface area contributed by atoms with Crippen molar-refractivity contribution in [2.24, 2.45) is 0 Å². The molecule has 1 fully saturated rings. The van der Waals surface area contributed by atoms with E-state index in [0.717, 1.165) is 25.7 Å². The number of carboxylic acids is 1. The van der Waals surface area contributed by atoms with Crippen LogP contribution in [0.25, 0.3) is 0 Å². The molecule has 0 aromatic carbocycles. The normalized spacial score (nSPS) is 20.2. The van der Waals surface area contributed by atoms with Crippen molar-refractivity contribution in [1.82, 2.24) is 4.98 Å². The first-order valence-electron chi connectivity index (χ1n) is 6.58. The lowest BCUT2D eigenvalue weighted by Gasteiger charge is -2.32. The van der Waals surface area contributed by atoms with Crippen LogP contribution in [-0.4, -0.2) is 28.6 Å². The van der Waals surface area contributed by atoms with Gasteiger partial charge in [-0.1, -0.05) is 19.3 Å². The van der Waals surface area contributed by atoms with Gasteiger partial charge in [0.1, 0.15) is 12.1 Å². The standard InChI is InChI=1S/C14H17N3O2/c15-10-11-12(7-5-8-16-11)17-9-4-2-1-3-6-13(17)14(18)19/h5,7-8,13H,1-4,6,9H2,(H,18,19). The number of nitriles is 1. The van der Waals surface area contributed by atoms with Crippen molar-refractivity contribution in [3.8, 4) is 6.07 Å². The second kappa shape index (κ2) is 6.19. The molecule has 0 saturated carbocycles. The van der Waals surface area contributed by atoms with Crippen molar-refractivity contribution < 1.29 is 9.90 Å². The Morgan fingerprint density at radius 1 is 1.42 bits per heavy atom. The van der Waals surface area contributed by atoms with E-state index in [2.05, 4.69) is 4.98 Å². The molecular weight excluding hydrogens is 242 g/mol. The van der Waals surface area contributed by atoms with E-state index < -0.39 is 12.0 Å². The molecule has 1 atom stereocenters. The highest BCUT2D eigenvalue weighted by atomic mass is 16.4. The molecule has 5 nitrogen and oxygen atoms in total. The minimum absolute atomic E-state index is 0.300. The van der Waals surface area contributed by atoms with Crippen LogP contribution in [0.3, 0.4) is 0 Å². The number of hydrogen-bond acceptors (Lipinski definition) is 4. The van der Waals surface area contributed by atoms with Gasteiger partial charge in [-0.05, 0) is 25.0 Å². The third kappa shape index (κ3) is 3.02. The quantitative estimate of drug-likeness (QED) is 0.880. The van der Waals surface area contributed by atoms with Gasteiger partial charge in [0.05, 0.1) is 5.69 Å². The van der Waals surface area contributed by atoms with Crippen LogP contribution in [0.15, 0.2) is 18.3 Å². The molecule has 19 heavy (non-hydrogen) atoms. The van der Waals surface area contributed by atoms with Crippen LogP contribution >= 0.6 is 0 Å². The third-order valence-corrected chi connectivity index (χ3v) is 3.49. The number of anilines is 1. The number of hydrogen-bond donors (Lipinski definition) is 1. The minimum atomic E-state index is -0.824. The minimum Gasteiger partial charge on any atom is -0.480 e. The van der Waals surface area contributed by atoms with Crippen molar-refractivity contribution in [3.63, 3.8) is 0 Å². The molecule has 5 heteroatoms. The molecule has 0 bridgehead atoms. The molecule has 1 unspecified atom stereocenters. The van der Waals surface area contributed by atoms with Gasteiger partial charge >= 0.3 is 5.97 Å². The highest BCUT2D eigenvalue weighted by molar-refractivity contribution is 5.79. The molecule has 0 radical (unpaired) electrons. The maximum absolute atomic E-state index is 11.5. The van der Waals surface area contributed by atoms with Gasteiger partial charge in [0.15, 0.2) is 5.69 Å². The maximum Gasteiger partial charge on any atom is 0.326 e. The van der Waals surface area contributed by atoms with E-state index in [4.69, 9.17) is 5.26 Å². The molecule has 1 aromatic heterocycles. The largest absolute Gasteiger partial charge is 0.480 e. The summed E-state index contributed by atoms with van der Waals surface area (Å²) < 4.78 is 0. The lowest BCUT2D eigenvalue weighted by atomic mass is 10.0. The van der Waals surface area contributed by atoms with E-state index in [9.17, 15) is 9.90 Å². The van der Waals surface area contributed by atoms with Gasteiger partial charge in [-0.3, -0.25) is 0 Å². The van der Waals surface area contributed by atoms with Crippen molar-refractivity contribution in [1.29, 1.82) is 5.26 Å². The van der Waals surface area contributed by atoms with Gasteiger partial charge in [0, 0.05) is 12.7 Å². The summed E-state index contributed by atoms with van der Waals surface area (Å²) in [4.78, 5) is 17.3. The molecule has 1 saturated heterocycles. The Kier molecular flexibility index (Phi) is 4.35. The lowest BCUT2D eigenvalue weighted by molar-refractivity contribution is -0.138. The average molecular weight is 259 g/mol. The molecule has 1 aromatic rings. The number of carbonyl (C=O) groups is 1. The van der Waals surface area contributed by atoms with Crippen LogP contribution in [0.1, 0.15) is 37.8 Å². The molecule has 2 rings (SSSR count). The predicted molar refractivity (Wildman–Crippen MR) is 70.8 cm³/mol. The van der Waals surface area contributed by atoms with Crippen LogP contribution in [0.4, 0.5) is 5.69 Å². The maximum atomic E-state index is 11.5. The average Bonchev–Trinajstić information content (AvgIpc) is 2.38. The summed E-state index contributed by atoms with van der Waals surface area (Å²) in [5, 5.41) is 18.5. The van der Waals surface area contributed by atoms with Gasteiger partial charge in [0.25, 0.3) is 0 Å². The summed E-state index contributed by atoms with van der Waals surface area (Å²) in [6.07, 6.45) is 6.22. The van der Waals surface area contributed by atoms with E-state index in [-0.39, 0.29) is 0 Å². The zero-order valence-corrected chi connectivity index (χ0v) is 10.7. The number of rotatable bonds is 2. The molecule has 1 aliphatic heterocycles. The van der Waals surface area contributed by atoms with Gasteiger partial charge in [-0.15, -0.1) is 0 Å². The fourth-order valence-electron chi connectivity index (χ4n) is 2.54. The molecule has 0 aliphatic carbocycles. The van der Waals surface area contributed by atoms with Gasteiger partial charge in [-0.2, -0.15) is 5.26 Å². The van der Waals surface area contributed by atoms with Crippen molar-refractivity contribution >= 4 is 11.7 Å². The number of aliphatic carboxylic acids is 1. The third-order valence-electron chi connectivity index (χ3n) is 3.49. The Morgan fingerprint density at radius 3 is 2.95 bits per heavy atom. The highest BCUT2D eigenvalue weighted by Crippen LogP contribution is 2.25. The zero-order valence-electron chi connectivity index (χ0n) is 10.7. The highest BCUT2D eigenvalue weighted by Gasteiger charge is 2.28. The summed E-state index contributed by atoms with van der Waals surface area (Å²) in [5.41, 5.74) is 0.939. The van der Waals surface area contributed by atoms with Crippen LogP contribution in [0.5, 0.6) is 0 Å². The second-order valence-electron chi connectivity index (χ2n) is 4.73. The molecule has 0 amide bonds. The van der Waals surface area contributed by atoms with Crippen LogP contribution < -0.4 is 4.90 Å². The summed E-state index contributed by atoms with van der Waals surface area (Å²) in [7, 11) is 0. The number of pyridine rings is 1. The SMILES string of the molecule is N#Cc1ncccc1N1CCCCCCC1C(=O)O. The van der Waals surface area contributed by atoms with Crippen LogP contribution in [0.2, 0.25) is 0 Å². The Hall–Kier alpha value is -2.09. The Balaban J connectivity index is 2.36. The van der Waals surface area contributed by atoms with Crippen molar-refractivity contribution in [3.05, 3.63) is 24.0 Å². The molecule has 0 spiro atoms. The van der Waals surface area contributed by atoms with Crippen LogP contribution in [-0.2, 0) is 4.79 Å². The van der Waals surface area contributed by atoms with Crippen molar-refractivity contribution in [2.75, 3.05) is 11.4 Å². The summed E-state index contributed by atoms with van der Waals surface area (Å²) in [6, 6.07) is 5.01. The zero-order chi connectivity index (χ0) is 13.7. The van der Waals surface area contributed by atoms with E-state index in [1.807, 2.05) is 11.0 Å². The second-order valence-corrected chi connectivity index (χ2v) is 4.73. The van der Waals surface area contributed by atoms with Gasteiger partial charge < -0.3 is 10.0 Å². The van der Waals surface area contributed by atoms with E-state index >= 15 is 0 Å². The summed E-state index contributed by atoms with van der Waals surface area (Å²) in [6.45, 7) is 0.664.